The molecule has 0 saturated carbocycles. The highest BCUT2D eigenvalue weighted by molar-refractivity contribution is 5.75. The van der Waals surface area contributed by atoms with E-state index in [1.165, 1.54) is 17.5 Å². The minimum atomic E-state index is 0.622. The summed E-state index contributed by atoms with van der Waals surface area (Å²) in [5, 5.41) is 7.62. The number of rotatable bonds is 2. The molecule has 0 atom stereocenters. The van der Waals surface area contributed by atoms with E-state index < -0.39 is 0 Å². The number of nitrogens with one attached hydrogen (secondary N) is 1. The van der Waals surface area contributed by atoms with Gasteiger partial charge in [0.2, 0.25) is 0 Å². The van der Waals surface area contributed by atoms with Crippen molar-refractivity contribution in [2.75, 3.05) is 6.54 Å². The fourth-order valence-electron chi connectivity index (χ4n) is 3.44. The molecule has 1 N–H and O–H groups in total. The Morgan fingerprint density at radius 3 is 2.96 bits per heavy atom. The number of fused-ring (bicyclic) bond motifs is 2. The first-order chi connectivity index (χ1) is 12.8. The zero-order valence-electron chi connectivity index (χ0n) is 14.3. The summed E-state index contributed by atoms with van der Waals surface area (Å²) in [5.41, 5.74) is 7.07. The van der Waals surface area contributed by atoms with Crippen molar-refractivity contribution >= 4 is 5.52 Å². The van der Waals surface area contributed by atoms with E-state index in [1.807, 2.05) is 12.1 Å². The van der Waals surface area contributed by atoms with Gasteiger partial charge in [-0.05, 0) is 12.5 Å². The van der Waals surface area contributed by atoms with Crippen molar-refractivity contribution in [3.63, 3.8) is 0 Å². The van der Waals surface area contributed by atoms with E-state index in [9.17, 15) is 0 Å². The third-order valence-electron chi connectivity index (χ3n) is 4.77. The molecular weight excluding hydrogens is 326 g/mol. The molecule has 5 rings (SSSR count). The fourth-order valence-corrected chi connectivity index (χ4v) is 3.44. The predicted octanol–water partition coefficient (Wildman–Crippen LogP) is 2.20. The molecule has 0 spiro atoms. The van der Waals surface area contributed by atoms with Crippen LogP contribution in [0.1, 0.15) is 16.8 Å². The average molecular weight is 343 g/mol. The summed E-state index contributed by atoms with van der Waals surface area (Å²) >= 11 is 0. The molecule has 1 aliphatic rings. The summed E-state index contributed by atoms with van der Waals surface area (Å²) in [4.78, 5) is 18.4. The highest BCUT2D eigenvalue weighted by Crippen LogP contribution is 2.30. The second-order valence-electron chi connectivity index (χ2n) is 6.39. The molecule has 4 aromatic rings. The van der Waals surface area contributed by atoms with Crippen molar-refractivity contribution in [1.29, 1.82) is 0 Å². The molecule has 26 heavy (non-hydrogen) atoms. The fraction of sp³-hybridized carbons (Fsp3) is 0.211. The third-order valence-corrected chi connectivity index (χ3v) is 4.77. The minimum absolute atomic E-state index is 0.622. The summed E-state index contributed by atoms with van der Waals surface area (Å²) in [5.74, 6) is 0.622. The van der Waals surface area contributed by atoms with Crippen LogP contribution in [-0.4, -0.2) is 36.1 Å². The van der Waals surface area contributed by atoms with Gasteiger partial charge < -0.3 is 5.32 Å². The molecule has 0 fully saturated rings. The summed E-state index contributed by atoms with van der Waals surface area (Å²) < 4.78 is 1.69. The lowest BCUT2D eigenvalue weighted by Gasteiger charge is -2.21. The zero-order valence-corrected chi connectivity index (χ0v) is 14.3. The van der Waals surface area contributed by atoms with Gasteiger partial charge in [0.25, 0.3) is 0 Å². The third kappa shape index (κ3) is 2.36. The van der Waals surface area contributed by atoms with Crippen LogP contribution in [0.15, 0.2) is 43.1 Å². The summed E-state index contributed by atoms with van der Waals surface area (Å²) in [7, 11) is 0. The standard InChI is InChI=1S/C19H17N7/c1-12-4-2-3-5-13(12)17-14-8-20-7-6-15(14)24-19(25-17)18-16-9-21-11-26(16)23-10-22-18/h2-5,9-11,20H,6-8H2,1H3. The Hall–Kier alpha value is -3.19. The van der Waals surface area contributed by atoms with E-state index in [2.05, 4.69) is 39.4 Å². The van der Waals surface area contributed by atoms with Crippen LogP contribution in [-0.2, 0) is 13.0 Å². The van der Waals surface area contributed by atoms with Gasteiger partial charge in [0.15, 0.2) is 5.82 Å². The van der Waals surface area contributed by atoms with Gasteiger partial charge in [-0.15, -0.1) is 0 Å². The largest absolute Gasteiger partial charge is 0.312 e. The molecule has 4 heterocycles. The number of benzene rings is 1. The first-order valence-corrected chi connectivity index (χ1v) is 8.61. The van der Waals surface area contributed by atoms with Crippen LogP contribution in [0.5, 0.6) is 0 Å². The normalized spacial score (nSPS) is 13.7. The molecule has 3 aromatic heterocycles. The van der Waals surface area contributed by atoms with Crippen molar-refractivity contribution < 1.29 is 0 Å². The molecule has 0 unspecified atom stereocenters. The van der Waals surface area contributed by atoms with E-state index in [1.54, 1.807) is 17.0 Å². The van der Waals surface area contributed by atoms with Gasteiger partial charge in [0.05, 0.1) is 17.6 Å². The zero-order chi connectivity index (χ0) is 17.5. The Labute approximate surface area is 150 Å². The molecule has 1 aromatic carbocycles. The lowest BCUT2D eigenvalue weighted by atomic mass is 9.97. The van der Waals surface area contributed by atoms with E-state index in [-0.39, 0.29) is 0 Å². The lowest BCUT2D eigenvalue weighted by Crippen LogP contribution is -2.26. The number of aromatic nitrogens is 6. The second kappa shape index (κ2) is 5.96. The Morgan fingerprint density at radius 1 is 1.12 bits per heavy atom. The first kappa shape index (κ1) is 15.1. The van der Waals surface area contributed by atoms with Gasteiger partial charge in [0, 0.05) is 30.6 Å². The van der Waals surface area contributed by atoms with E-state index in [0.717, 1.165) is 42.0 Å². The Bertz CT molecular complexity index is 1120. The van der Waals surface area contributed by atoms with E-state index in [0.29, 0.717) is 11.5 Å². The Kier molecular flexibility index (Phi) is 3.46. The Morgan fingerprint density at radius 2 is 2.04 bits per heavy atom. The smallest absolute Gasteiger partial charge is 0.181 e. The molecule has 0 radical (unpaired) electrons. The van der Waals surface area contributed by atoms with Gasteiger partial charge in [-0.2, -0.15) is 5.10 Å². The van der Waals surface area contributed by atoms with Gasteiger partial charge in [-0.25, -0.2) is 24.5 Å². The van der Waals surface area contributed by atoms with Crippen LogP contribution in [0.25, 0.3) is 28.3 Å². The van der Waals surface area contributed by atoms with Crippen LogP contribution in [0.2, 0.25) is 0 Å². The Balaban J connectivity index is 1.79. The van der Waals surface area contributed by atoms with Crippen molar-refractivity contribution in [1.82, 2.24) is 34.9 Å². The maximum atomic E-state index is 4.93. The van der Waals surface area contributed by atoms with E-state index in [4.69, 9.17) is 9.97 Å². The van der Waals surface area contributed by atoms with Crippen LogP contribution in [0, 0.1) is 6.92 Å². The summed E-state index contributed by atoms with van der Waals surface area (Å²) in [6.45, 7) is 3.81. The molecule has 7 nitrogen and oxygen atoms in total. The summed E-state index contributed by atoms with van der Waals surface area (Å²) in [6.07, 6.45) is 5.80. The second-order valence-corrected chi connectivity index (χ2v) is 6.39. The first-order valence-electron chi connectivity index (χ1n) is 8.61. The molecule has 0 bridgehead atoms. The highest BCUT2D eigenvalue weighted by atomic mass is 15.3. The molecule has 0 aliphatic carbocycles. The average Bonchev–Trinajstić information content (AvgIpc) is 3.16. The minimum Gasteiger partial charge on any atom is -0.312 e. The van der Waals surface area contributed by atoms with Crippen LogP contribution < -0.4 is 5.32 Å². The summed E-state index contributed by atoms with van der Waals surface area (Å²) in [6, 6.07) is 8.32. The maximum Gasteiger partial charge on any atom is 0.181 e. The number of imidazole rings is 1. The van der Waals surface area contributed by atoms with Crippen LogP contribution >= 0.6 is 0 Å². The maximum absolute atomic E-state index is 4.93. The number of aryl methyl sites for hydroxylation is 1. The molecule has 1 aliphatic heterocycles. The monoisotopic (exact) mass is 343 g/mol. The van der Waals surface area contributed by atoms with Gasteiger partial charge in [-0.1, -0.05) is 24.3 Å². The molecule has 0 amide bonds. The van der Waals surface area contributed by atoms with Crippen molar-refractivity contribution in [2.45, 2.75) is 19.9 Å². The van der Waals surface area contributed by atoms with Crippen molar-refractivity contribution in [2.24, 2.45) is 0 Å². The predicted molar refractivity (Wildman–Crippen MR) is 97.4 cm³/mol. The molecule has 0 saturated heterocycles. The molecular formula is C19H17N7. The highest BCUT2D eigenvalue weighted by Gasteiger charge is 2.21. The van der Waals surface area contributed by atoms with Crippen LogP contribution in [0.3, 0.4) is 0 Å². The van der Waals surface area contributed by atoms with Crippen molar-refractivity contribution in [3.05, 3.63) is 59.9 Å². The lowest BCUT2D eigenvalue weighted by molar-refractivity contribution is 0.628. The quantitative estimate of drug-likeness (QED) is 0.601. The van der Waals surface area contributed by atoms with Crippen molar-refractivity contribution in [3.8, 4) is 22.8 Å². The number of nitrogens with zero attached hydrogens (tertiary/aromatic N) is 6. The molecule has 7 heteroatoms. The van der Waals surface area contributed by atoms with E-state index >= 15 is 0 Å². The van der Waals surface area contributed by atoms with Gasteiger partial charge in [-0.3, -0.25) is 0 Å². The van der Waals surface area contributed by atoms with Crippen LogP contribution in [0.4, 0.5) is 0 Å². The molecule has 128 valence electrons. The SMILES string of the molecule is Cc1ccccc1-c1nc(-c2ncnn3cncc23)nc2c1CNCC2. The topological polar surface area (TPSA) is 80.9 Å². The number of hydrogen-bond donors (Lipinski definition) is 1. The number of hydrogen-bond acceptors (Lipinski definition) is 6. The van der Waals surface area contributed by atoms with Gasteiger partial charge >= 0.3 is 0 Å². The van der Waals surface area contributed by atoms with Gasteiger partial charge in [0.1, 0.15) is 23.9 Å².